The maximum atomic E-state index is 4.53. The Morgan fingerprint density at radius 2 is 2.39 bits per heavy atom. The second-order valence-corrected chi connectivity index (χ2v) is 6.60. The van der Waals surface area contributed by atoms with Crippen LogP contribution in [-0.4, -0.2) is 35.6 Å². The lowest BCUT2D eigenvalue weighted by molar-refractivity contribution is 0.163. The van der Waals surface area contributed by atoms with Crippen molar-refractivity contribution in [3.63, 3.8) is 0 Å². The zero-order valence-electron chi connectivity index (χ0n) is 11.9. The molecule has 0 amide bonds. The molecule has 3 unspecified atom stereocenters. The summed E-state index contributed by atoms with van der Waals surface area (Å²) in [4.78, 5) is 8.36. The highest BCUT2D eigenvalue weighted by Crippen LogP contribution is 2.23. The molecule has 1 fully saturated rings. The molecule has 18 heavy (non-hydrogen) atoms. The number of likely N-dealkylation sites (tertiary alicyclic amines) is 1. The number of aryl methyl sites for hydroxylation is 1. The predicted molar refractivity (Wildman–Crippen MR) is 78.2 cm³/mol. The van der Waals surface area contributed by atoms with E-state index in [-0.39, 0.29) is 0 Å². The SMILES string of the molecule is CCc1cnc(C(C)NC2CCN(C)C(C)C2)s1. The van der Waals surface area contributed by atoms with Gasteiger partial charge in [0.25, 0.3) is 0 Å². The van der Waals surface area contributed by atoms with E-state index in [9.17, 15) is 0 Å². The summed E-state index contributed by atoms with van der Waals surface area (Å²) in [5, 5.41) is 4.98. The first-order chi connectivity index (χ1) is 8.60. The van der Waals surface area contributed by atoms with E-state index < -0.39 is 0 Å². The fourth-order valence-corrected chi connectivity index (χ4v) is 3.42. The fraction of sp³-hybridized carbons (Fsp3) is 0.786. The first kappa shape index (κ1) is 14.0. The summed E-state index contributed by atoms with van der Waals surface area (Å²) in [6, 6.07) is 1.71. The number of aromatic nitrogens is 1. The molecule has 4 heteroatoms. The molecule has 0 saturated carbocycles. The van der Waals surface area contributed by atoms with Crippen molar-refractivity contribution in [3.8, 4) is 0 Å². The summed E-state index contributed by atoms with van der Waals surface area (Å²) in [6.07, 6.45) is 5.61. The Morgan fingerprint density at radius 1 is 1.61 bits per heavy atom. The Kier molecular flexibility index (Phi) is 4.76. The summed E-state index contributed by atoms with van der Waals surface area (Å²) in [5.74, 6) is 0. The van der Waals surface area contributed by atoms with Gasteiger partial charge in [0.05, 0.1) is 6.04 Å². The Morgan fingerprint density at radius 3 is 3.00 bits per heavy atom. The van der Waals surface area contributed by atoms with Crippen LogP contribution in [0.3, 0.4) is 0 Å². The molecule has 1 saturated heterocycles. The maximum Gasteiger partial charge on any atom is 0.109 e. The molecule has 0 bridgehead atoms. The van der Waals surface area contributed by atoms with Crippen molar-refractivity contribution in [2.75, 3.05) is 13.6 Å². The number of rotatable bonds is 4. The van der Waals surface area contributed by atoms with Gasteiger partial charge in [0.1, 0.15) is 5.01 Å². The smallest absolute Gasteiger partial charge is 0.109 e. The molecule has 3 atom stereocenters. The molecule has 0 aromatic carbocycles. The molecule has 3 nitrogen and oxygen atoms in total. The highest BCUT2D eigenvalue weighted by Gasteiger charge is 2.24. The number of nitrogens with one attached hydrogen (secondary N) is 1. The van der Waals surface area contributed by atoms with Crippen LogP contribution < -0.4 is 5.32 Å². The first-order valence-electron chi connectivity index (χ1n) is 7.01. The zero-order valence-corrected chi connectivity index (χ0v) is 12.8. The molecular weight excluding hydrogens is 242 g/mol. The van der Waals surface area contributed by atoms with Gasteiger partial charge in [0, 0.05) is 23.2 Å². The van der Waals surface area contributed by atoms with Gasteiger partial charge in [-0.1, -0.05) is 6.92 Å². The number of nitrogens with zero attached hydrogens (tertiary/aromatic N) is 2. The molecule has 102 valence electrons. The Hall–Kier alpha value is -0.450. The van der Waals surface area contributed by atoms with Crippen molar-refractivity contribution in [2.24, 2.45) is 0 Å². The molecule has 1 aliphatic heterocycles. The van der Waals surface area contributed by atoms with E-state index in [0.29, 0.717) is 18.1 Å². The van der Waals surface area contributed by atoms with Crippen molar-refractivity contribution >= 4 is 11.3 Å². The van der Waals surface area contributed by atoms with Gasteiger partial charge in [0.2, 0.25) is 0 Å². The molecule has 1 aromatic heterocycles. The predicted octanol–water partition coefficient (Wildman–Crippen LogP) is 2.84. The third-order valence-corrected chi connectivity index (χ3v) is 5.31. The Balaban J connectivity index is 1.89. The molecule has 2 rings (SSSR count). The summed E-state index contributed by atoms with van der Waals surface area (Å²) < 4.78 is 0. The van der Waals surface area contributed by atoms with Gasteiger partial charge < -0.3 is 10.2 Å². The minimum Gasteiger partial charge on any atom is -0.305 e. The Labute approximate surface area is 115 Å². The average Bonchev–Trinajstić information content (AvgIpc) is 2.82. The monoisotopic (exact) mass is 267 g/mol. The summed E-state index contributed by atoms with van der Waals surface area (Å²) >= 11 is 1.85. The van der Waals surface area contributed by atoms with Crippen molar-refractivity contribution in [1.29, 1.82) is 0 Å². The van der Waals surface area contributed by atoms with Crippen LogP contribution in [0.1, 0.15) is 49.5 Å². The third kappa shape index (κ3) is 3.31. The standard InChI is InChI=1S/C14H25N3S/c1-5-13-9-15-14(18-13)11(3)16-12-6-7-17(4)10(2)8-12/h9-12,16H,5-8H2,1-4H3. The second kappa shape index (κ2) is 6.13. The lowest BCUT2D eigenvalue weighted by atomic mass is 9.98. The van der Waals surface area contributed by atoms with Gasteiger partial charge in [-0.05, 0) is 46.7 Å². The lowest BCUT2D eigenvalue weighted by Crippen LogP contribution is -2.46. The highest BCUT2D eigenvalue weighted by atomic mass is 32.1. The molecule has 1 N–H and O–H groups in total. The minimum atomic E-state index is 0.385. The number of hydrogen-bond donors (Lipinski definition) is 1. The summed E-state index contributed by atoms with van der Waals surface area (Å²) in [6.45, 7) is 7.94. The zero-order chi connectivity index (χ0) is 13.1. The third-order valence-electron chi connectivity index (χ3n) is 3.98. The van der Waals surface area contributed by atoms with E-state index >= 15 is 0 Å². The first-order valence-corrected chi connectivity index (χ1v) is 7.82. The molecule has 1 aromatic rings. The minimum absolute atomic E-state index is 0.385. The van der Waals surface area contributed by atoms with Gasteiger partial charge >= 0.3 is 0 Å². The van der Waals surface area contributed by atoms with Crippen LogP contribution in [0.5, 0.6) is 0 Å². The van der Waals surface area contributed by atoms with Crippen LogP contribution in [0.25, 0.3) is 0 Å². The lowest BCUT2D eigenvalue weighted by Gasteiger charge is -2.36. The van der Waals surface area contributed by atoms with Crippen LogP contribution in [0, 0.1) is 0 Å². The van der Waals surface area contributed by atoms with E-state index in [4.69, 9.17) is 0 Å². The number of hydrogen-bond acceptors (Lipinski definition) is 4. The van der Waals surface area contributed by atoms with Gasteiger partial charge in [-0.25, -0.2) is 4.98 Å². The van der Waals surface area contributed by atoms with Crippen molar-refractivity contribution in [1.82, 2.24) is 15.2 Å². The van der Waals surface area contributed by atoms with Crippen molar-refractivity contribution in [3.05, 3.63) is 16.1 Å². The fourth-order valence-electron chi connectivity index (χ4n) is 2.55. The van der Waals surface area contributed by atoms with E-state index in [1.54, 1.807) is 0 Å². The molecule has 2 heterocycles. The topological polar surface area (TPSA) is 28.2 Å². The second-order valence-electron chi connectivity index (χ2n) is 5.46. The van der Waals surface area contributed by atoms with Gasteiger partial charge in [-0.3, -0.25) is 0 Å². The van der Waals surface area contributed by atoms with Crippen molar-refractivity contribution < 1.29 is 0 Å². The van der Waals surface area contributed by atoms with E-state index in [2.05, 4.69) is 43.0 Å². The van der Waals surface area contributed by atoms with Crippen LogP contribution in [0.15, 0.2) is 6.20 Å². The quantitative estimate of drug-likeness (QED) is 0.909. The maximum absolute atomic E-state index is 4.53. The van der Waals surface area contributed by atoms with Crippen LogP contribution in [-0.2, 0) is 6.42 Å². The average molecular weight is 267 g/mol. The van der Waals surface area contributed by atoms with Crippen molar-refractivity contribution in [2.45, 2.75) is 58.2 Å². The molecular formula is C14H25N3S. The number of piperidine rings is 1. The molecule has 0 spiro atoms. The molecule has 0 radical (unpaired) electrons. The number of thiazole rings is 1. The van der Waals surface area contributed by atoms with Crippen LogP contribution in [0.2, 0.25) is 0 Å². The van der Waals surface area contributed by atoms with E-state index in [1.165, 1.54) is 29.3 Å². The van der Waals surface area contributed by atoms with Gasteiger partial charge in [-0.15, -0.1) is 11.3 Å². The van der Waals surface area contributed by atoms with Crippen LogP contribution >= 0.6 is 11.3 Å². The van der Waals surface area contributed by atoms with Gasteiger partial charge in [0.15, 0.2) is 0 Å². The summed E-state index contributed by atoms with van der Waals surface area (Å²) in [5.41, 5.74) is 0. The van der Waals surface area contributed by atoms with E-state index in [0.717, 1.165) is 6.42 Å². The summed E-state index contributed by atoms with van der Waals surface area (Å²) in [7, 11) is 2.22. The van der Waals surface area contributed by atoms with Crippen LogP contribution in [0.4, 0.5) is 0 Å². The normalized spacial score (nSPS) is 27.3. The highest BCUT2D eigenvalue weighted by molar-refractivity contribution is 7.11. The molecule has 1 aliphatic rings. The van der Waals surface area contributed by atoms with Gasteiger partial charge in [-0.2, -0.15) is 0 Å². The largest absolute Gasteiger partial charge is 0.305 e. The Bertz CT molecular complexity index is 377. The van der Waals surface area contributed by atoms with E-state index in [1.807, 2.05) is 17.5 Å². The molecule has 0 aliphatic carbocycles.